The lowest BCUT2D eigenvalue weighted by atomic mass is 10.0. The highest BCUT2D eigenvalue weighted by Gasteiger charge is 2.16. The zero-order valence-corrected chi connectivity index (χ0v) is 11.1. The number of nitrogens with zero attached hydrogens (tertiary/aromatic N) is 1. The predicted octanol–water partition coefficient (Wildman–Crippen LogP) is 0.899. The normalized spacial score (nSPS) is 11.7. The highest BCUT2D eigenvalue weighted by Crippen LogP contribution is 2.09. The largest absolute Gasteiger partial charge is 0.481 e. The smallest absolute Gasteiger partial charge is 0.307 e. The van der Waals surface area contributed by atoms with E-state index >= 15 is 0 Å². The first-order chi connectivity index (χ1) is 8.36. The molecule has 0 aromatic carbocycles. The number of amides is 1. The molecule has 6 heteroatoms. The summed E-state index contributed by atoms with van der Waals surface area (Å²) in [5.41, 5.74) is 0. The highest BCUT2D eigenvalue weighted by molar-refractivity contribution is 5.78. The van der Waals surface area contributed by atoms with Crippen molar-refractivity contribution in [1.82, 2.24) is 4.90 Å². The SMILES string of the molecule is CCOC(=O)CCN(C)C(=O)CC(C)CC(=O)O. The summed E-state index contributed by atoms with van der Waals surface area (Å²) >= 11 is 0. The molecule has 0 fully saturated rings. The van der Waals surface area contributed by atoms with Gasteiger partial charge < -0.3 is 14.7 Å². The van der Waals surface area contributed by atoms with E-state index in [4.69, 9.17) is 9.84 Å². The van der Waals surface area contributed by atoms with Crippen LogP contribution in [-0.4, -0.2) is 48.1 Å². The van der Waals surface area contributed by atoms with Crippen molar-refractivity contribution in [2.45, 2.75) is 33.1 Å². The van der Waals surface area contributed by atoms with Gasteiger partial charge in [0.2, 0.25) is 5.91 Å². The third-order valence-electron chi connectivity index (χ3n) is 2.43. The maximum atomic E-state index is 11.7. The number of carbonyl (C=O) groups excluding carboxylic acids is 2. The molecule has 6 nitrogen and oxygen atoms in total. The minimum atomic E-state index is -0.913. The van der Waals surface area contributed by atoms with Gasteiger partial charge in [0, 0.05) is 26.4 Å². The molecule has 104 valence electrons. The second kappa shape index (κ2) is 8.49. The Hall–Kier alpha value is -1.59. The molecule has 0 aliphatic rings. The summed E-state index contributed by atoms with van der Waals surface area (Å²) in [5, 5.41) is 8.58. The van der Waals surface area contributed by atoms with Gasteiger partial charge in [-0.25, -0.2) is 0 Å². The van der Waals surface area contributed by atoms with Crippen molar-refractivity contribution < 1.29 is 24.2 Å². The van der Waals surface area contributed by atoms with E-state index in [2.05, 4.69) is 0 Å². The van der Waals surface area contributed by atoms with E-state index < -0.39 is 5.97 Å². The van der Waals surface area contributed by atoms with Crippen LogP contribution in [0.4, 0.5) is 0 Å². The van der Waals surface area contributed by atoms with Crippen LogP contribution in [0.1, 0.15) is 33.1 Å². The zero-order valence-electron chi connectivity index (χ0n) is 11.1. The Morgan fingerprint density at radius 1 is 1.28 bits per heavy atom. The first kappa shape index (κ1) is 16.4. The van der Waals surface area contributed by atoms with Crippen molar-refractivity contribution in [3.05, 3.63) is 0 Å². The lowest BCUT2D eigenvalue weighted by molar-refractivity contribution is -0.143. The highest BCUT2D eigenvalue weighted by atomic mass is 16.5. The van der Waals surface area contributed by atoms with Crippen molar-refractivity contribution in [1.29, 1.82) is 0 Å². The van der Waals surface area contributed by atoms with E-state index in [1.165, 1.54) is 4.90 Å². The van der Waals surface area contributed by atoms with Crippen LogP contribution < -0.4 is 0 Å². The molecule has 0 aliphatic heterocycles. The average molecular weight is 259 g/mol. The number of ether oxygens (including phenoxy) is 1. The van der Waals surface area contributed by atoms with Crippen molar-refractivity contribution in [3.63, 3.8) is 0 Å². The molecule has 0 heterocycles. The average Bonchev–Trinajstić information content (AvgIpc) is 2.24. The Bertz CT molecular complexity index is 303. The fraction of sp³-hybridized carbons (Fsp3) is 0.750. The zero-order chi connectivity index (χ0) is 14.1. The van der Waals surface area contributed by atoms with Gasteiger partial charge in [0.05, 0.1) is 13.0 Å². The molecule has 18 heavy (non-hydrogen) atoms. The summed E-state index contributed by atoms with van der Waals surface area (Å²) in [6.07, 6.45) is 0.298. The third-order valence-corrected chi connectivity index (χ3v) is 2.43. The maximum Gasteiger partial charge on any atom is 0.307 e. The summed E-state index contributed by atoms with van der Waals surface area (Å²) in [6, 6.07) is 0. The topological polar surface area (TPSA) is 83.9 Å². The van der Waals surface area contributed by atoms with Crippen LogP contribution in [0, 0.1) is 5.92 Å². The van der Waals surface area contributed by atoms with E-state index in [-0.39, 0.29) is 43.6 Å². The van der Waals surface area contributed by atoms with Crippen LogP contribution in [0.15, 0.2) is 0 Å². The number of carbonyl (C=O) groups is 3. The van der Waals surface area contributed by atoms with Crippen molar-refractivity contribution in [3.8, 4) is 0 Å². The van der Waals surface area contributed by atoms with E-state index in [0.29, 0.717) is 6.61 Å². The lowest BCUT2D eigenvalue weighted by Crippen LogP contribution is -2.30. The second-order valence-electron chi connectivity index (χ2n) is 4.28. The molecule has 0 radical (unpaired) electrons. The number of carboxylic acid groups (broad SMARTS) is 1. The molecule has 1 N–H and O–H groups in total. The Balaban J connectivity index is 3.95. The summed E-state index contributed by atoms with van der Waals surface area (Å²) < 4.78 is 4.75. The predicted molar refractivity (Wildman–Crippen MR) is 64.9 cm³/mol. The monoisotopic (exact) mass is 259 g/mol. The van der Waals surface area contributed by atoms with Crippen LogP contribution >= 0.6 is 0 Å². The van der Waals surface area contributed by atoms with Gasteiger partial charge in [0.1, 0.15) is 0 Å². The maximum absolute atomic E-state index is 11.7. The van der Waals surface area contributed by atoms with Gasteiger partial charge in [-0.15, -0.1) is 0 Å². The second-order valence-corrected chi connectivity index (χ2v) is 4.28. The summed E-state index contributed by atoms with van der Waals surface area (Å²) in [7, 11) is 1.59. The Labute approximate surface area is 107 Å². The summed E-state index contributed by atoms with van der Waals surface area (Å²) in [5.74, 6) is -1.62. The van der Waals surface area contributed by atoms with Crippen LogP contribution in [0.2, 0.25) is 0 Å². The number of esters is 1. The van der Waals surface area contributed by atoms with E-state index in [1.807, 2.05) is 0 Å². The van der Waals surface area contributed by atoms with Gasteiger partial charge >= 0.3 is 11.9 Å². The Kier molecular flexibility index (Phi) is 7.74. The van der Waals surface area contributed by atoms with Gasteiger partial charge in [0.15, 0.2) is 0 Å². The molecule has 0 saturated carbocycles. The van der Waals surface area contributed by atoms with Gasteiger partial charge in [0.25, 0.3) is 0 Å². The van der Waals surface area contributed by atoms with E-state index in [9.17, 15) is 14.4 Å². The third kappa shape index (κ3) is 7.65. The molecule has 0 bridgehead atoms. The molecule has 1 amide bonds. The molecular weight excluding hydrogens is 238 g/mol. The minimum absolute atomic E-state index is 0.0303. The molecule has 1 unspecified atom stereocenters. The number of rotatable bonds is 8. The van der Waals surface area contributed by atoms with E-state index in [0.717, 1.165) is 0 Å². The fourth-order valence-corrected chi connectivity index (χ4v) is 1.44. The molecule has 0 spiro atoms. The molecule has 0 aromatic heterocycles. The number of aliphatic carboxylic acids is 1. The lowest BCUT2D eigenvalue weighted by Gasteiger charge is -2.18. The van der Waals surface area contributed by atoms with Crippen LogP contribution in [-0.2, 0) is 19.1 Å². The summed E-state index contributed by atoms with van der Waals surface area (Å²) in [6.45, 7) is 4.05. The minimum Gasteiger partial charge on any atom is -0.481 e. The number of hydrogen-bond acceptors (Lipinski definition) is 4. The molecule has 0 aromatic rings. The molecule has 0 rings (SSSR count). The molecule has 0 saturated heterocycles. The van der Waals surface area contributed by atoms with Gasteiger partial charge in [-0.1, -0.05) is 6.92 Å². The standard InChI is InChI=1S/C12H21NO5/c1-4-18-12(17)5-6-13(3)10(14)7-9(2)8-11(15)16/h9H,4-8H2,1-3H3,(H,15,16). The van der Waals surface area contributed by atoms with Crippen molar-refractivity contribution >= 4 is 17.8 Å². The molecule has 0 aliphatic carbocycles. The van der Waals surface area contributed by atoms with Gasteiger partial charge in [-0.3, -0.25) is 14.4 Å². The fourth-order valence-electron chi connectivity index (χ4n) is 1.44. The molecule has 1 atom stereocenters. The molecular formula is C12H21NO5. The first-order valence-electron chi connectivity index (χ1n) is 5.98. The first-order valence-corrected chi connectivity index (χ1v) is 5.98. The van der Waals surface area contributed by atoms with Crippen molar-refractivity contribution in [2.24, 2.45) is 5.92 Å². The number of carboxylic acids is 1. The Morgan fingerprint density at radius 2 is 1.89 bits per heavy atom. The van der Waals surface area contributed by atoms with Gasteiger partial charge in [-0.05, 0) is 12.8 Å². The van der Waals surface area contributed by atoms with Crippen LogP contribution in [0.5, 0.6) is 0 Å². The van der Waals surface area contributed by atoms with E-state index in [1.54, 1.807) is 20.9 Å². The van der Waals surface area contributed by atoms with Gasteiger partial charge in [-0.2, -0.15) is 0 Å². The van der Waals surface area contributed by atoms with Crippen molar-refractivity contribution in [2.75, 3.05) is 20.2 Å². The number of hydrogen-bond donors (Lipinski definition) is 1. The quantitative estimate of drug-likeness (QED) is 0.655. The Morgan fingerprint density at radius 3 is 2.39 bits per heavy atom. The summed E-state index contributed by atoms with van der Waals surface area (Å²) in [4.78, 5) is 34.7. The van der Waals surface area contributed by atoms with Crippen LogP contribution in [0.25, 0.3) is 0 Å². The van der Waals surface area contributed by atoms with Crippen LogP contribution in [0.3, 0.4) is 0 Å².